The Labute approximate surface area is 188 Å². The minimum absolute atomic E-state index is 0.0966. The van der Waals surface area contributed by atoms with Crippen molar-refractivity contribution in [3.05, 3.63) is 83.3 Å². The Bertz CT molecular complexity index is 1300. The molecule has 4 aromatic rings. The highest BCUT2D eigenvalue weighted by Gasteiger charge is 2.26. The highest BCUT2D eigenvalue weighted by molar-refractivity contribution is 7.13. The van der Waals surface area contributed by atoms with Gasteiger partial charge in [0.25, 0.3) is 11.8 Å². The first kappa shape index (κ1) is 20.0. The first-order chi connectivity index (χ1) is 15.6. The predicted molar refractivity (Wildman–Crippen MR) is 123 cm³/mol. The van der Waals surface area contributed by atoms with Gasteiger partial charge in [0.15, 0.2) is 0 Å². The van der Waals surface area contributed by atoms with Crippen LogP contribution < -0.4 is 15.0 Å². The molecule has 1 aliphatic rings. The van der Waals surface area contributed by atoms with Gasteiger partial charge in [-0.3, -0.25) is 9.59 Å². The largest absolute Gasteiger partial charge is 0.496 e. The monoisotopic (exact) mass is 445 g/mol. The van der Waals surface area contributed by atoms with Crippen LogP contribution in [0.4, 0.5) is 11.4 Å². The standard InChI is InChI=1S/C24H19N3O4S/c1-30-21-5-3-2-4-18(21)23-26-19(14-32-23)22(28)25-17-6-7-20-15(12-17)8-10-27(20)24(29)16-9-11-31-13-16/h2-7,9,11-14H,8,10H2,1H3,(H,25,28). The molecule has 7 nitrogen and oxygen atoms in total. The molecular weight excluding hydrogens is 426 g/mol. The Balaban J connectivity index is 1.32. The number of fused-ring (bicyclic) bond motifs is 1. The van der Waals surface area contributed by atoms with E-state index in [1.165, 1.54) is 23.9 Å². The summed E-state index contributed by atoms with van der Waals surface area (Å²) in [6.07, 6.45) is 3.65. The maximum absolute atomic E-state index is 12.8. The van der Waals surface area contributed by atoms with E-state index < -0.39 is 0 Å². The third-order valence-corrected chi connectivity index (χ3v) is 6.20. The van der Waals surface area contributed by atoms with Gasteiger partial charge in [0, 0.05) is 23.3 Å². The summed E-state index contributed by atoms with van der Waals surface area (Å²) in [5.41, 5.74) is 4.23. The Morgan fingerprint density at radius 2 is 2.06 bits per heavy atom. The summed E-state index contributed by atoms with van der Waals surface area (Å²) in [5, 5.41) is 5.36. The van der Waals surface area contributed by atoms with Gasteiger partial charge in [0.1, 0.15) is 22.7 Å². The number of amides is 2. The minimum atomic E-state index is -0.285. The van der Waals surface area contributed by atoms with Crippen molar-refractivity contribution in [2.45, 2.75) is 6.42 Å². The molecule has 0 unspecified atom stereocenters. The van der Waals surface area contributed by atoms with Crippen LogP contribution in [0.25, 0.3) is 10.6 Å². The van der Waals surface area contributed by atoms with Crippen molar-refractivity contribution in [2.24, 2.45) is 0 Å². The van der Waals surface area contributed by atoms with Crippen molar-refractivity contribution in [1.82, 2.24) is 4.98 Å². The lowest BCUT2D eigenvalue weighted by molar-refractivity contribution is 0.0986. The first-order valence-electron chi connectivity index (χ1n) is 10.0. The molecule has 0 bridgehead atoms. The number of hydrogen-bond donors (Lipinski definition) is 1. The van der Waals surface area contributed by atoms with Crippen molar-refractivity contribution in [3.63, 3.8) is 0 Å². The van der Waals surface area contributed by atoms with Gasteiger partial charge in [-0.05, 0) is 48.4 Å². The van der Waals surface area contributed by atoms with E-state index in [4.69, 9.17) is 9.15 Å². The molecule has 2 aromatic carbocycles. The molecule has 0 radical (unpaired) electrons. The average Bonchev–Trinajstić information content (AvgIpc) is 3.59. The molecule has 3 heterocycles. The molecular formula is C24H19N3O4S. The minimum Gasteiger partial charge on any atom is -0.496 e. The van der Waals surface area contributed by atoms with Gasteiger partial charge in [-0.2, -0.15) is 0 Å². The summed E-state index contributed by atoms with van der Waals surface area (Å²) in [5.74, 6) is 0.328. The number of nitrogens with one attached hydrogen (secondary N) is 1. The third kappa shape index (κ3) is 3.65. The molecule has 8 heteroatoms. The maximum atomic E-state index is 12.8. The van der Waals surface area contributed by atoms with Crippen molar-refractivity contribution in [3.8, 4) is 16.3 Å². The molecule has 1 N–H and O–H groups in total. The molecule has 160 valence electrons. The van der Waals surface area contributed by atoms with Crippen LogP contribution in [0.5, 0.6) is 5.75 Å². The number of rotatable bonds is 5. The highest BCUT2D eigenvalue weighted by Crippen LogP contribution is 2.33. The fourth-order valence-corrected chi connectivity index (χ4v) is 4.58. The fourth-order valence-electron chi connectivity index (χ4n) is 3.75. The van der Waals surface area contributed by atoms with E-state index in [9.17, 15) is 9.59 Å². The molecule has 0 saturated carbocycles. The summed E-state index contributed by atoms with van der Waals surface area (Å²) in [6.45, 7) is 0.588. The average molecular weight is 446 g/mol. The third-order valence-electron chi connectivity index (χ3n) is 5.32. The van der Waals surface area contributed by atoms with Crippen molar-refractivity contribution >= 4 is 34.5 Å². The van der Waals surface area contributed by atoms with Crippen LogP contribution in [0.15, 0.2) is 70.9 Å². The summed E-state index contributed by atoms with van der Waals surface area (Å²) >= 11 is 1.39. The first-order valence-corrected chi connectivity index (χ1v) is 10.9. The van der Waals surface area contributed by atoms with Gasteiger partial charge in [0.2, 0.25) is 0 Å². The van der Waals surface area contributed by atoms with Gasteiger partial charge in [-0.25, -0.2) is 4.98 Å². The number of hydrogen-bond acceptors (Lipinski definition) is 6. The molecule has 32 heavy (non-hydrogen) atoms. The van der Waals surface area contributed by atoms with Gasteiger partial charge < -0.3 is 19.4 Å². The van der Waals surface area contributed by atoms with Gasteiger partial charge in [0.05, 0.1) is 24.5 Å². The Morgan fingerprint density at radius 1 is 1.19 bits per heavy atom. The van der Waals surface area contributed by atoms with E-state index in [-0.39, 0.29) is 11.8 Å². The molecule has 1 aliphatic heterocycles. The van der Waals surface area contributed by atoms with E-state index in [0.29, 0.717) is 29.2 Å². The second-order valence-corrected chi connectivity index (χ2v) is 8.11. The number of carbonyl (C=O) groups is 2. The van der Waals surface area contributed by atoms with E-state index in [0.717, 1.165) is 28.2 Å². The van der Waals surface area contributed by atoms with E-state index in [2.05, 4.69) is 10.3 Å². The van der Waals surface area contributed by atoms with Crippen LogP contribution >= 0.6 is 11.3 Å². The van der Waals surface area contributed by atoms with Crippen molar-refractivity contribution < 1.29 is 18.7 Å². The number of methoxy groups -OCH3 is 1. The Kier molecular flexibility index (Phi) is 5.20. The molecule has 0 spiro atoms. The molecule has 0 saturated heterocycles. The number of benzene rings is 2. The zero-order valence-corrected chi connectivity index (χ0v) is 18.0. The maximum Gasteiger partial charge on any atom is 0.275 e. The summed E-state index contributed by atoms with van der Waals surface area (Å²) in [6, 6.07) is 14.8. The highest BCUT2D eigenvalue weighted by atomic mass is 32.1. The van der Waals surface area contributed by atoms with Crippen LogP contribution in [-0.2, 0) is 6.42 Å². The molecule has 2 amide bonds. The van der Waals surface area contributed by atoms with Crippen LogP contribution in [-0.4, -0.2) is 30.5 Å². The number of furan rings is 1. The van der Waals surface area contributed by atoms with E-state index >= 15 is 0 Å². The fraction of sp³-hybridized carbons (Fsp3) is 0.125. The van der Waals surface area contributed by atoms with E-state index in [1.807, 2.05) is 36.4 Å². The zero-order chi connectivity index (χ0) is 22.1. The number of nitrogens with zero attached hydrogens (tertiary/aromatic N) is 2. The normalized spacial score (nSPS) is 12.5. The SMILES string of the molecule is COc1ccccc1-c1nc(C(=O)Nc2ccc3c(c2)CCN3C(=O)c2ccoc2)cs1. The smallest absolute Gasteiger partial charge is 0.275 e. The molecule has 0 fully saturated rings. The number of aromatic nitrogens is 1. The lowest BCUT2D eigenvalue weighted by Gasteiger charge is -2.16. The summed E-state index contributed by atoms with van der Waals surface area (Å²) < 4.78 is 10.4. The molecule has 0 atom stereocenters. The van der Waals surface area contributed by atoms with Crippen LogP contribution in [0.3, 0.4) is 0 Å². The topological polar surface area (TPSA) is 84.7 Å². The number of carbonyl (C=O) groups excluding carboxylic acids is 2. The number of anilines is 2. The second kappa shape index (κ2) is 8.32. The number of para-hydroxylation sites is 1. The van der Waals surface area contributed by atoms with Crippen molar-refractivity contribution in [1.29, 1.82) is 0 Å². The molecule has 2 aromatic heterocycles. The quantitative estimate of drug-likeness (QED) is 0.474. The second-order valence-electron chi connectivity index (χ2n) is 7.25. The predicted octanol–water partition coefficient (Wildman–Crippen LogP) is 4.87. The Morgan fingerprint density at radius 3 is 2.88 bits per heavy atom. The zero-order valence-electron chi connectivity index (χ0n) is 17.2. The van der Waals surface area contributed by atoms with Gasteiger partial charge in [-0.1, -0.05) is 12.1 Å². The van der Waals surface area contributed by atoms with Crippen LogP contribution in [0, 0.1) is 0 Å². The summed E-state index contributed by atoms with van der Waals surface area (Å²) in [7, 11) is 1.61. The molecule has 0 aliphatic carbocycles. The lowest BCUT2D eigenvalue weighted by Crippen LogP contribution is -2.28. The van der Waals surface area contributed by atoms with E-state index in [1.54, 1.807) is 29.5 Å². The summed E-state index contributed by atoms with van der Waals surface area (Å²) in [4.78, 5) is 31.6. The van der Waals surface area contributed by atoms with Gasteiger partial charge >= 0.3 is 0 Å². The number of ether oxygens (including phenoxy) is 1. The lowest BCUT2D eigenvalue weighted by atomic mass is 10.1. The Hall–Kier alpha value is -3.91. The molecule has 5 rings (SSSR count). The van der Waals surface area contributed by atoms with Crippen LogP contribution in [0.2, 0.25) is 0 Å². The van der Waals surface area contributed by atoms with Crippen LogP contribution in [0.1, 0.15) is 26.4 Å². The van der Waals surface area contributed by atoms with Gasteiger partial charge in [-0.15, -0.1) is 11.3 Å². The van der Waals surface area contributed by atoms with Crippen molar-refractivity contribution in [2.75, 3.05) is 23.9 Å². The number of thiazole rings is 1.